The van der Waals surface area contributed by atoms with Crippen LogP contribution in [0.2, 0.25) is 0 Å². The van der Waals surface area contributed by atoms with Gasteiger partial charge in [-0.3, -0.25) is 4.98 Å². The van der Waals surface area contributed by atoms with E-state index < -0.39 is 0 Å². The van der Waals surface area contributed by atoms with Crippen LogP contribution in [0.25, 0.3) is 0 Å². The molecule has 4 heteroatoms. The summed E-state index contributed by atoms with van der Waals surface area (Å²) in [6.45, 7) is 4.72. The summed E-state index contributed by atoms with van der Waals surface area (Å²) >= 11 is 0. The summed E-state index contributed by atoms with van der Waals surface area (Å²) in [5.74, 6) is 0. The molecule has 0 aliphatic heterocycles. The van der Waals surface area contributed by atoms with E-state index in [1.54, 1.807) is 6.20 Å². The number of nitrogens with one attached hydrogen (secondary N) is 1. The first-order chi connectivity index (χ1) is 6.14. The lowest BCUT2D eigenvalue weighted by molar-refractivity contribution is -0.00000385. The van der Waals surface area contributed by atoms with E-state index in [1.165, 1.54) is 0 Å². The Morgan fingerprint density at radius 1 is 1.43 bits per heavy atom. The van der Waals surface area contributed by atoms with E-state index in [4.69, 9.17) is 5.11 Å². The number of aliphatic hydroxyl groups is 1. The van der Waals surface area contributed by atoms with Crippen molar-refractivity contribution in [3.63, 3.8) is 0 Å². The molecule has 0 fully saturated rings. The molecule has 1 rings (SSSR count). The van der Waals surface area contributed by atoms with Crippen molar-refractivity contribution in [1.29, 1.82) is 0 Å². The molecule has 0 aliphatic carbocycles. The Bertz CT molecular complexity index is 252. The Morgan fingerprint density at radius 2 is 2.14 bits per heavy atom. The molecule has 80 valence electrons. The SMILES string of the molecule is CC(C)(CO)NCc1ccccn1.[Cl-]. The second kappa shape index (κ2) is 5.96. The van der Waals surface area contributed by atoms with Crippen LogP contribution in [-0.4, -0.2) is 22.2 Å². The van der Waals surface area contributed by atoms with E-state index >= 15 is 0 Å². The molecule has 0 spiro atoms. The molecule has 1 aromatic heterocycles. The van der Waals surface area contributed by atoms with E-state index in [2.05, 4.69) is 10.3 Å². The fourth-order valence-corrected chi connectivity index (χ4v) is 0.888. The Morgan fingerprint density at radius 3 is 2.64 bits per heavy atom. The molecule has 1 aromatic rings. The Hall–Kier alpha value is -0.640. The zero-order chi connectivity index (χ0) is 9.73. The maximum absolute atomic E-state index is 8.99. The lowest BCUT2D eigenvalue weighted by Crippen LogP contribution is -3.00. The van der Waals surface area contributed by atoms with Crippen molar-refractivity contribution >= 4 is 0 Å². The van der Waals surface area contributed by atoms with Gasteiger partial charge in [-0.05, 0) is 26.0 Å². The smallest absolute Gasteiger partial charge is 0.0607 e. The lowest BCUT2D eigenvalue weighted by atomic mass is 10.1. The molecule has 3 nitrogen and oxygen atoms in total. The summed E-state index contributed by atoms with van der Waals surface area (Å²) in [7, 11) is 0. The number of hydrogen-bond acceptors (Lipinski definition) is 3. The molecule has 0 saturated carbocycles. The Kier molecular flexibility index (Phi) is 5.69. The summed E-state index contributed by atoms with van der Waals surface area (Å²) in [6, 6.07) is 5.80. The van der Waals surface area contributed by atoms with Gasteiger partial charge in [0.15, 0.2) is 0 Å². The minimum absolute atomic E-state index is 0. The second-order valence-corrected chi connectivity index (χ2v) is 3.72. The van der Waals surface area contributed by atoms with Crippen molar-refractivity contribution in [2.75, 3.05) is 6.61 Å². The van der Waals surface area contributed by atoms with Gasteiger partial charge in [0, 0.05) is 18.3 Å². The molecule has 14 heavy (non-hydrogen) atoms. The van der Waals surface area contributed by atoms with Crippen molar-refractivity contribution < 1.29 is 17.5 Å². The monoisotopic (exact) mass is 215 g/mol. The average Bonchev–Trinajstić information content (AvgIpc) is 2.17. The van der Waals surface area contributed by atoms with Gasteiger partial charge in [0.05, 0.1) is 12.3 Å². The number of aliphatic hydroxyl groups excluding tert-OH is 1. The van der Waals surface area contributed by atoms with Crippen LogP contribution in [0.15, 0.2) is 24.4 Å². The second-order valence-electron chi connectivity index (χ2n) is 3.72. The Labute approximate surface area is 91.0 Å². The molecule has 0 radical (unpaired) electrons. The van der Waals surface area contributed by atoms with Gasteiger partial charge >= 0.3 is 0 Å². The van der Waals surface area contributed by atoms with E-state index in [9.17, 15) is 0 Å². The highest BCUT2D eigenvalue weighted by Gasteiger charge is 2.14. The van der Waals surface area contributed by atoms with Crippen LogP contribution in [0.5, 0.6) is 0 Å². The van der Waals surface area contributed by atoms with Gasteiger partial charge in [-0.15, -0.1) is 0 Å². The largest absolute Gasteiger partial charge is 1.00 e. The highest BCUT2D eigenvalue weighted by Crippen LogP contribution is 2.01. The van der Waals surface area contributed by atoms with Gasteiger partial charge in [0.1, 0.15) is 0 Å². The fraction of sp³-hybridized carbons (Fsp3) is 0.500. The number of halogens is 1. The summed E-state index contributed by atoms with van der Waals surface area (Å²) in [5, 5.41) is 12.2. The maximum Gasteiger partial charge on any atom is 0.0607 e. The molecule has 1 heterocycles. The summed E-state index contributed by atoms with van der Waals surface area (Å²) in [6.07, 6.45) is 1.77. The van der Waals surface area contributed by atoms with Crippen LogP contribution in [0, 0.1) is 0 Å². The first kappa shape index (κ1) is 13.4. The third-order valence-electron chi connectivity index (χ3n) is 1.87. The molecule has 0 aliphatic rings. The molecule has 0 atom stereocenters. The molecule has 0 unspecified atom stereocenters. The predicted octanol–water partition coefficient (Wildman–Crippen LogP) is -2.05. The first-order valence-corrected chi connectivity index (χ1v) is 4.40. The zero-order valence-corrected chi connectivity index (χ0v) is 9.25. The van der Waals surface area contributed by atoms with E-state index in [1.807, 2.05) is 32.0 Å². The van der Waals surface area contributed by atoms with Crippen molar-refractivity contribution in [2.45, 2.75) is 25.9 Å². The normalized spacial score (nSPS) is 10.8. The topological polar surface area (TPSA) is 45.1 Å². The maximum atomic E-state index is 8.99. The van der Waals surface area contributed by atoms with Gasteiger partial charge in [0.25, 0.3) is 0 Å². The van der Waals surface area contributed by atoms with E-state index in [-0.39, 0.29) is 24.6 Å². The molecule has 0 bridgehead atoms. The van der Waals surface area contributed by atoms with Crippen molar-refractivity contribution in [2.24, 2.45) is 0 Å². The molecular formula is C10H16ClN2O-. The summed E-state index contributed by atoms with van der Waals surface area (Å²) in [4.78, 5) is 4.17. The molecule has 0 amide bonds. The van der Waals surface area contributed by atoms with Gasteiger partial charge in [-0.1, -0.05) is 6.07 Å². The minimum atomic E-state index is -0.239. The van der Waals surface area contributed by atoms with Crippen LogP contribution in [0.1, 0.15) is 19.5 Å². The highest BCUT2D eigenvalue weighted by molar-refractivity contribution is 5.03. The third kappa shape index (κ3) is 4.56. The lowest BCUT2D eigenvalue weighted by Gasteiger charge is -2.23. The quantitative estimate of drug-likeness (QED) is 0.608. The number of hydrogen-bond donors (Lipinski definition) is 2. The van der Waals surface area contributed by atoms with Crippen molar-refractivity contribution in [3.05, 3.63) is 30.1 Å². The molecule has 0 saturated heterocycles. The highest BCUT2D eigenvalue weighted by atomic mass is 35.5. The van der Waals surface area contributed by atoms with Gasteiger partial charge < -0.3 is 22.8 Å². The number of rotatable bonds is 4. The minimum Gasteiger partial charge on any atom is -1.00 e. The van der Waals surface area contributed by atoms with E-state index in [0.29, 0.717) is 6.54 Å². The first-order valence-electron chi connectivity index (χ1n) is 4.40. The third-order valence-corrected chi connectivity index (χ3v) is 1.87. The number of nitrogens with zero attached hydrogens (tertiary/aromatic N) is 1. The van der Waals surface area contributed by atoms with Crippen molar-refractivity contribution in [3.8, 4) is 0 Å². The molecule has 0 aromatic carbocycles. The van der Waals surface area contributed by atoms with Crippen LogP contribution >= 0.6 is 0 Å². The number of pyridine rings is 1. The van der Waals surface area contributed by atoms with Crippen LogP contribution in [-0.2, 0) is 6.54 Å². The summed E-state index contributed by atoms with van der Waals surface area (Å²) < 4.78 is 0. The molecule has 2 N–H and O–H groups in total. The fourth-order valence-electron chi connectivity index (χ4n) is 0.888. The standard InChI is InChI=1S/C10H16N2O.ClH/c1-10(2,8-13)12-7-9-5-3-4-6-11-9;/h3-6,12-13H,7-8H2,1-2H3;1H/p-1. The molecular weight excluding hydrogens is 200 g/mol. The van der Waals surface area contributed by atoms with Crippen LogP contribution < -0.4 is 17.7 Å². The van der Waals surface area contributed by atoms with Gasteiger partial charge in [0.2, 0.25) is 0 Å². The number of aromatic nitrogens is 1. The van der Waals surface area contributed by atoms with E-state index in [0.717, 1.165) is 5.69 Å². The zero-order valence-electron chi connectivity index (χ0n) is 8.50. The van der Waals surface area contributed by atoms with Crippen LogP contribution in [0.4, 0.5) is 0 Å². The Balaban J connectivity index is 0.00000169. The van der Waals surface area contributed by atoms with Crippen molar-refractivity contribution in [1.82, 2.24) is 10.3 Å². The predicted molar refractivity (Wildman–Crippen MR) is 52.2 cm³/mol. The van der Waals surface area contributed by atoms with Gasteiger partial charge in [-0.25, -0.2) is 0 Å². The average molecular weight is 216 g/mol. The summed E-state index contributed by atoms with van der Waals surface area (Å²) in [5.41, 5.74) is 0.751. The van der Waals surface area contributed by atoms with Gasteiger partial charge in [-0.2, -0.15) is 0 Å². The van der Waals surface area contributed by atoms with Crippen LogP contribution in [0.3, 0.4) is 0 Å².